The molecule has 4 N–H and O–H groups in total. The zero-order valence-corrected chi connectivity index (χ0v) is 10.3. The van der Waals surface area contributed by atoms with Crippen molar-refractivity contribution in [3.8, 4) is 0 Å². The van der Waals surface area contributed by atoms with Crippen molar-refractivity contribution < 1.29 is 4.79 Å². The molecule has 0 aliphatic heterocycles. The number of nitrogens with two attached hydrogens (primary N) is 1. The number of aromatic amines is 1. The van der Waals surface area contributed by atoms with Gasteiger partial charge in [-0.15, -0.1) is 0 Å². The van der Waals surface area contributed by atoms with Crippen LogP contribution in [0.2, 0.25) is 0 Å². The zero-order valence-electron chi connectivity index (χ0n) is 10.3. The summed E-state index contributed by atoms with van der Waals surface area (Å²) in [6.45, 7) is 0. The molecule has 18 heavy (non-hydrogen) atoms. The zero-order chi connectivity index (χ0) is 13.0. The monoisotopic (exact) mass is 247 g/mol. The van der Waals surface area contributed by atoms with Gasteiger partial charge in [0.1, 0.15) is 11.0 Å². The van der Waals surface area contributed by atoms with E-state index >= 15 is 0 Å². The van der Waals surface area contributed by atoms with Gasteiger partial charge in [0.15, 0.2) is 0 Å². The van der Waals surface area contributed by atoms with Crippen LogP contribution in [0.4, 0.5) is 0 Å². The van der Waals surface area contributed by atoms with Crippen molar-refractivity contribution in [2.24, 2.45) is 5.73 Å². The van der Waals surface area contributed by atoms with Gasteiger partial charge in [0.25, 0.3) is 0 Å². The lowest BCUT2D eigenvalue weighted by molar-refractivity contribution is -0.122. The minimum atomic E-state index is -0.438. The first-order valence-corrected chi connectivity index (χ1v) is 5.98. The first-order chi connectivity index (χ1) is 8.72. The van der Waals surface area contributed by atoms with E-state index in [-0.39, 0.29) is 5.91 Å². The van der Waals surface area contributed by atoms with E-state index in [9.17, 15) is 4.79 Å². The van der Waals surface area contributed by atoms with Crippen molar-refractivity contribution in [3.63, 3.8) is 0 Å². The fourth-order valence-electron chi connectivity index (χ4n) is 1.96. The number of likely N-dealkylation sites (N-methyl/N-ethyl adjacent to an activating group) is 1. The molecule has 2 aromatic rings. The summed E-state index contributed by atoms with van der Waals surface area (Å²) in [7, 11) is 1.60. The molecule has 0 radical (unpaired) electrons. The van der Waals surface area contributed by atoms with Crippen molar-refractivity contribution >= 4 is 16.9 Å². The molecule has 6 nitrogen and oxygen atoms in total. The van der Waals surface area contributed by atoms with Crippen LogP contribution in [0.5, 0.6) is 0 Å². The molecule has 0 unspecified atom stereocenters. The lowest BCUT2D eigenvalue weighted by Gasteiger charge is -2.09. The predicted molar refractivity (Wildman–Crippen MR) is 68.9 cm³/mol. The number of fused-ring (bicyclic) bond motifs is 1. The number of nitrogens with zero attached hydrogens (tertiary/aromatic N) is 2. The van der Waals surface area contributed by atoms with Crippen LogP contribution in [0.1, 0.15) is 18.4 Å². The minimum Gasteiger partial charge on any atom is -0.358 e. The van der Waals surface area contributed by atoms with Crippen LogP contribution < -0.4 is 11.1 Å². The summed E-state index contributed by atoms with van der Waals surface area (Å²) in [4.78, 5) is 11.3. The second kappa shape index (κ2) is 5.59. The van der Waals surface area contributed by atoms with Crippen LogP contribution in [0.15, 0.2) is 18.2 Å². The molecule has 6 heteroatoms. The number of para-hydroxylation sites is 1. The molecular weight excluding hydrogens is 230 g/mol. The third-order valence-electron chi connectivity index (χ3n) is 2.97. The Bertz CT molecular complexity index is 536. The van der Waals surface area contributed by atoms with Gasteiger partial charge in [-0.1, -0.05) is 12.1 Å². The molecule has 1 heterocycles. The van der Waals surface area contributed by atoms with E-state index in [0.29, 0.717) is 6.42 Å². The van der Waals surface area contributed by atoms with Gasteiger partial charge in [0.2, 0.25) is 5.91 Å². The Morgan fingerprint density at radius 1 is 1.50 bits per heavy atom. The highest BCUT2D eigenvalue weighted by Crippen LogP contribution is 2.16. The van der Waals surface area contributed by atoms with Gasteiger partial charge < -0.3 is 11.1 Å². The standard InChI is InChI=1S/C12H17N5O/c1-14-12(18)9(13)6-2-4-8-5-3-7-10-11(8)16-17-15-10/h3,5,7,9H,2,4,6,13H2,1H3,(H,14,18)(H,15,16,17)/t9-/m0/s1. The molecule has 0 saturated heterocycles. The van der Waals surface area contributed by atoms with Gasteiger partial charge in [0.05, 0.1) is 6.04 Å². The van der Waals surface area contributed by atoms with Crippen molar-refractivity contribution in [1.82, 2.24) is 20.7 Å². The van der Waals surface area contributed by atoms with E-state index in [1.807, 2.05) is 18.2 Å². The van der Waals surface area contributed by atoms with Gasteiger partial charge >= 0.3 is 0 Å². The summed E-state index contributed by atoms with van der Waals surface area (Å²) in [6.07, 6.45) is 2.35. The van der Waals surface area contributed by atoms with E-state index in [1.165, 1.54) is 0 Å². The van der Waals surface area contributed by atoms with E-state index in [4.69, 9.17) is 5.73 Å². The molecule has 1 aromatic carbocycles. The minimum absolute atomic E-state index is 0.116. The highest BCUT2D eigenvalue weighted by atomic mass is 16.2. The van der Waals surface area contributed by atoms with Crippen LogP contribution in [0.25, 0.3) is 11.0 Å². The summed E-state index contributed by atoms with van der Waals surface area (Å²) in [6, 6.07) is 5.46. The largest absolute Gasteiger partial charge is 0.358 e. The summed E-state index contributed by atoms with van der Waals surface area (Å²) in [5.41, 5.74) is 8.63. The number of aromatic nitrogens is 3. The van der Waals surface area contributed by atoms with E-state index in [1.54, 1.807) is 7.05 Å². The Labute approximate surface area is 105 Å². The van der Waals surface area contributed by atoms with Crippen LogP contribution >= 0.6 is 0 Å². The Morgan fingerprint density at radius 3 is 3.11 bits per heavy atom. The van der Waals surface area contributed by atoms with E-state index in [2.05, 4.69) is 20.7 Å². The molecule has 0 spiro atoms. The SMILES string of the molecule is CNC(=O)[C@@H](N)CCCc1cccc2n[nH]nc12. The molecule has 0 bridgehead atoms. The number of rotatable bonds is 5. The average Bonchev–Trinajstić information content (AvgIpc) is 2.86. The molecule has 1 amide bonds. The Kier molecular flexibility index (Phi) is 3.88. The smallest absolute Gasteiger partial charge is 0.236 e. The van der Waals surface area contributed by atoms with E-state index in [0.717, 1.165) is 29.4 Å². The van der Waals surface area contributed by atoms with Gasteiger partial charge in [0, 0.05) is 7.05 Å². The second-order valence-corrected chi connectivity index (χ2v) is 4.22. The number of carbonyl (C=O) groups excluding carboxylic acids is 1. The van der Waals surface area contributed by atoms with Crippen LogP contribution in [0.3, 0.4) is 0 Å². The van der Waals surface area contributed by atoms with Gasteiger partial charge in [-0.05, 0) is 30.9 Å². The Balaban J connectivity index is 1.94. The number of amides is 1. The second-order valence-electron chi connectivity index (χ2n) is 4.22. The van der Waals surface area contributed by atoms with Crippen molar-refractivity contribution in [2.75, 3.05) is 7.05 Å². The van der Waals surface area contributed by atoms with Gasteiger partial charge in [-0.25, -0.2) is 0 Å². The molecular formula is C12H17N5O. The lowest BCUT2D eigenvalue weighted by Crippen LogP contribution is -2.38. The molecule has 96 valence electrons. The van der Waals surface area contributed by atoms with Gasteiger partial charge in [-0.2, -0.15) is 15.4 Å². The van der Waals surface area contributed by atoms with Crippen molar-refractivity contribution in [3.05, 3.63) is 23.8 Å². The average molecular weight is 247 g/mol. The summed E-state index contributed by atoms with van der Waals surface area (Å²) in [5.74, 6) is -0.116. The normalized spacial score (nSPS) is 12.6. The van der Waals surface area contributed by atoms with E-state index < -0.39 is 6.04 Å². The van der Waals surface area contributed by atoms with Crippen molar-refractivity contribution in [2.45, 2.75) is 25.3 Å². The molecule has 0 aliphatic carbocycles. The number of H-pyrrole nitrogens is 1. The topological polar surface area (TPSA) is 96.7 Å². The Morgan fingerprint density at radius 2 is 2.33 bits per heavy atom. The predicted octanol–water partition coefficient (Wildman–Crippen LogP) is 0.354. The molecule has 0 saturated carbocycles. The van der Waals surface area contributed by atoms with Gasteiger partial charge in [-0.3, -0.25) is 4.79 Å². The number of benzene rings is 1. The third kappa shape index (κ3) is 2.65. The van der Waals surface area contributed by atoms with Crippen molar-refractivity contribution in [1.29, 1.82) is 0 Å². The molecule has 1 aromatic heterocycles. The van der Waals surface area contributed by atoms with Crippen LogP contribution in [0, 0.1) is 0 Å². The highest BCUT2D eigenvalue weighted by Gasteiger charge is 2.11. The summed E-state index contributed by atoms with van der Waals surface area (Å²) >= 11 is 0. The summed E-state index contributed by atoms with van der Waals surface area (Å²) < 4.78 is 0. The first-order valence-electron chi connectivity index (χ1n) is 5.98. The van der Waals surface area contributed by atoms with Crippen LogP contribution in [-0.2, 0) is 11.2 Å². The number of hydrogen-bond donors (Lipinski definition) is 3. The lowest BCUT2D eigenvalue weighted by atomic mass is 10.0. The molecule has 2 rings (SSSR count). The molecule has 1 atom stereocenters. The number of aryl methyl sites for hydroxylation is 1. The third-order valence-corrected chi connectivity index (χ3v) is 2.97. The number of hydrogen-bond acceptors (Lipinski definition) is 4. The quantitative estimate of drug-likeness (QED) is 0.710. The molecule has 0 fully saturated rings. The van der Waals surface area contributed by atoms with Crippen LogP contribution in [-0.4, -0.2) is 34.4 Å². The molecule has 0 aliphatic rings. The maximum absolute atomic E-state index is 11.3. The number of nitrogens with one attached hydrogen (secondary N) is 2. The fourth-order valence-corrected chi connectivity index (χ4v) is 1.96. The highest BCUT2D eigenvalue weighted by molar-refractivity contribution is 5.81. The maximum atomic E-state index is 11.3. The summed E-state index contributed by atoms with van der Waals surface area (Å²) in [5, 5.41) is 13.3. The first kappa shape index (κ1) is 12.5. The fraction of sp³-hybridized carbons (Fsp3) is 0.417. The Hall–Kier alpha value is -1.95. The number of carbonyl (C=O) groups is 1. The maximum Gasteiger partial charge on any atom is 0.236 e.